The number of rotatable bonds is 6. The van der Waals surface area contributed by atoms with E-state index in [0.717, 1.165) is 39.0 Å². The van der Waals surface area contributed by atoms with E-state index in [2.05, 4.69) is 10.2 Å². The minimum atomic E-state index is -1.97. The number of piperazine rings is 1. The maximum absolute atomic E-state index is 12.4. The van der Waals surface area contributed by atoms with E-state index in [9.17, 15) is 14.7 Å². The highest BCUT2D eigenvalue weighted by Crippen LogP contribution is 2.26. The van der Waals surface area contributed by atoms with E-state index in [4.69, 9.17) is 4.74 Å². The summed E-state index contributed by atoms with van der Waals surface area (Å²) in [6.45, 7) is 5.79. The van der Waals surface area contributed by atoms with Gasteiger partial charge in [-0.1, -0.05) is 18.2 Å². The fourth-order valence-corrected chi connectivity index (χ4v) is 3.92. The summed E-state index contributed by atoms with van der Waals surface area (Å²) in [6, 6.07) is 9.22. The molecule has 10 heteroatoms. The number of ether oxygens (including phenoxy) is 1. The summed E-state index contributed by atoms with van der Waals surface area (Å²) in [4.78, 5) is 28.6. The predicted molar refractivity (Wildman–Crippen MR) is 119 cm³/mol. The molecule has 0 radical (unpaired) electrons. The summed E-state index contributed by atoms with van der Waals surface area (Å²) >= 11 is 0. The van der Waals surface area contributed by atoms with Crippen LogP contribution in [-0.2, 0) is 9.59 Å². The third kappa shape index (κ3) is 6.20. The van der Waals surface area contributed by atoms with Crippen LogP contribution in [0.15, 0.2) is 30.3 Å². The molecule has 29 heavy (non-hydrogen) atoms. The van der Waals surface area contributed by atoms with Gasteiger partial charge in [-0.3, -0.25) is 9.69 Å². The molecule has 2 saturated heterocycles. The minimum absolute atomic E-state index is 0. The molecule has 2 N–H and O–H groups in total. The van der Waals surface area contributed by atoms with E-state index in [1.54, 1.807) is 29.2 Å². The minimum Gasteiger partial charge on any atom is -0.477 e. The van der Waals surface area contributed by atoms with Crippen LogP contribution in [0.25, 0.3) is 0 Å². The lowest BCUT2D eigenvalue weighted by Gasteiger charge is -2.45. The van der Waals surface area contributed by atoms with Gasteiger partial charge in [0, 0.05) is 39.1 Å². The van der Waals surface area contributed by atoms with Gasteiger partial charge in [0.2, 0.25) is 5.78 Å². The first-order chi connectivity index (χ1) is 12.5. The molecular weight excluding hydrogens is 441 g/mol. The second-order valence-corrected chi connectivity index (χ2v) is 6.92. The normalized spacial score (nSPS) is 20.2. The fourth-order valence-electron chi connectivity index (χ4n) is 3.92. The van der Waals surface area contributed by atoms with Gasteiger partial charge < -0.3 is 15.2 Å². The number of ketones is 1. The van der Waals surface area contributed by atoms with Gasteiger partial charge in [-0.25, -0.2) is 9.69 Å². The highest BCUT2D eigenvalue weighted by molar-refractivity contribution is 6.05. The molecule has 0 aliphatic carbocycles. The number of carboxylic acid groups (broad SMARTS) is 1. The van der Waals surface area contributed by atoms with E-state index in [0.29, 0.717) is 24.9 Å². The molecule has 3 rings (SSSR count). The van der Waals surface area contributed by atoms with Crippen molar-refractivity contribution in [1.29, 1.82) is 0 Å². The third-order valence-electron chi connectivity index (χ3n) is 5.36. The molecule has 0 bridgehead atoms. The third-order valence-corrected chi connectivity index (χ3v) is 5.36. The Balaban J connectivity index is 0.00000261. The number of carbonyl (C=O) groups excluding carboxylic acids is 1. The van der Waals surface area contributed by atoms with Crippen molar-refractivity contribution < 1.29 is 19.4 Å². The lowest BCUT2D eigenvalue weighted by Crippen LogP contribution is -2.68. The number of hydrogen-bond donors (Lipinski definition) is 2. The highest BCUT2D eigenvalue weighted by Gasteiger charge is 2.53. The Bertz CT molecular complexity index is 623. The van der Waals surface area contributed by atoms with Crippen LogP contribution in [0.1, 0.15) is 19.8 Å². The van der Waals surface area contributed by atoms with Crippen LogP contribution in [0, 0.1) is 0 Å². The quantitative estimate of drug-likeness (QED) is 0.616. The number of carbonyl (C=O) groups is 2. The van der Waals surface area contributed by atoms with Gasteiger partial charge in [0.25, 0.3) is 0 Å². The van der Waals surface area contributed by atoms with Gasteiger partial charge in [-0.15, -0.1) is 37.2 Å². The highest BCUT2D eigenvalue weighted by atomic mass is 35.5. The van der Waals surface area contributed by atoms with Crippen molar-refractivity contribution in [3.05, 3.63) is 30.3 Å². The van der Waals surface area contributed by atoms with Crippen molar-refractivity contribution in [3.8, 4) is 5.75 Å². The lowest BCUT2D eigenvalue weighted by atomic mass is 10.0. The number of Topliss-reactive ketones (excluding diaryl/α,β-unsaturated/α-hetero) is 1. The Labute approximate surface area is 190 Å². The summed E-state index contributed by atoms with van der Waals surface area (Å²) in [5.41, 5.74) is -1.97. The molecule has 1 aromatic carbocycles. The number of nitrogens with zero attached hydrogens (tertiary/aromatic N) is 2. The molecule has 0 saturated carbocycles. The van der Waals surface area contributed by atoms with Crippen molar-refractivity contribution in [2.24, 2.45) is 0 Å². The molecule has 166 valence electrons. The van der Waals surface area contributed by atoms with E-state index in [-0.39, 0.29) is 37.2 Å². The average molecular weight is 471 g/mol. The SMILES string of the molecule is CC(=O)C(Oc1ccccc1)(C(=O)O)N1CCN(C2CCNCC2)CC1.Cl.Cl.Cl. The van der Waals surface area contributed by atoms with Crippen LogP contribution in [0.2, 0.25) is 0 Å². The number of piperidine rings is 1. The topological polar surface area (TPSA) is 82.1 Å². The number of benzene rings is 1. The fraction of sp³-hybridized carbons (Fsp3) is 0.579. The summed E-state index contributed by atoms with van der Waals surface area (Å²) in [5, 5.41) is 13.3. The Kier molecular flexibility index (Phi) is 12.1. The Hall–Kier alpha value is -1.09. The van der Waals surface area contributed by atoms with Gasteiger partial charge in [0.05, 0.1) is 0 Å². The van der Waals surface area contributed by atoms with Crippen LogP contribution in [0.4, 0.5) is 0 Å². The molecule has 0 spiro atoms. The molecule has 1 atom stereocenters. The number of hydrogen-bond acceptors (Lipinski definition) is 6. The maximum Gasteiger partial charge on any atom is 0.372 e. The van der Waals surface area contributed by atoms with Crippen LogP contribution in [0.5, 0.6) is 5.75 Å². The van der Waals surface area contributed by atoms with Gasteiger partial charge >= 0.3 is 11.7 Å². The monoisotopic (exact) mass is 469 g/mol. The van der Waals surface area contributed by atoms with E-state index in [1.807, 2.05) is 6.07 Å². The smallest absolute Gasteiger partial charge is 0.372 e. The van der Waals surface area contributed by atoms with Crippen molar-refractivity contribution in [1.82, 2.24) is 15.1 Å². The summed E-state index contributed by atoms with van der Waals surface area (Å²) in [5.74, 6) is -1.39. The number of para-hydroxylation sites is 1. The first kappa shape index (κ1) is 27.9. The first-order valence-electron chi connectivity index (χ1n) is 9.22. The molecule has 2 aliphatic heterocycles. The molecular formula is C19H30Cl3N3O4. The largest absolute Gasteiger partial charge is 0.477 e. The average Bonchev–Trinajstić information content (AvgIpc) is 2.67. The first-order valence-corrected chi connectivity index (χ1v) is 9.22. The summed E-state index contributed by atoms with van der Waals surface area (Å²) in [7, 11) is 0. The van der Waals surface area contributed by atoms with Crippen molar-refractivity contribution in [2.45, 2.75) is 31.5 Å². The zero-order chi connectivity index (χ0) is 18.6. The standard InChI is InChI=1S/C19H27N3O4.3ClH/c1-15(23)19(18(24)25,26-17-5-3-2-4-6-17)22-13-11-21(12-14-22)16-7-9-20-10-8-16;;;/h2-6,16,20H,7-14H2,1H3,(H,24,25);3*1H. The van der Waals surface area contributed by atoms with Crippen LogP contribution >= 0.6 is 37.2 Å². The zero-order valence-corrected chi connectivity index (χ0v) is 18.9. The lowest BCUT2D eigenvalue weighted by molar-refractivity contribution is -0.184. The van der Waals surface area contributed by atoms with E-state index >= 15 is 0 Å². The molecule has 7 nitrogen and oxygen atoms in total. The molecule has 0 aromatic heterocycles. The Morgan fingerprint density at radius 1 is 1.03 bits per heavy atom. The van der Waals surface area contributed by atoms with E-state index in [1.165, 1.54) is 6.92 Å². The van der Waals surface area contributed by atoms with Crippen molar-refractivity contribution >= 4 is 49.0 Å². The summed E-state index contributed by atoms with van der Waals surface area (Å²) < 4.78 is 5.79. The van der Waals surface area contributed by atoms with Crippen LogP contribution in [0.3, 0.4) is 0 Å². The predicted octanol–water partition coefficient (Wildman–Crippen LogP) is 2.07. The number of halogens is 3. The van der Waals surface area contributed by atoms with Crippen LogP contribution in [-0.4, -0.2) is 77.7 Å². The zero-order valence-electron chi connectivity index (χ0n) is 16.4. The number of aliphatic carboxylic acids is 1. The van der Waals surface area contributed by atoms with Gasteiger partial charge in [-0.2, -0.15) is 0 Å². The Morgan fingerprint density at radius 2 is 1.59 bits per heavy atom. The van der Waals surface area contributed by atoms with Crippen molar-refractivity contribution in [3.63, 3.8) is 0 Å². The molecule has 1 unspecified atom stereocenters. The molecule has 1 aromatic rings. The van der Waals surface area contributed by atoms with Gasteiger partial charge in [0.1, 0.15) is 5.75 Å². The summed E-state index contributed by atoms with van der Waals surface area (Å²) in [6.07, 6.45) is 2.22. The van der Waals surface area contributed by atoms with Crippen LogP contribution < -0.4 is 10.1 Å². The molecule has 2 heterocycles. The second kappa shape index (κ2) is 12.6. The molecule has 0 amide bonds. The second-order valence-electron chi connectivity index (χ2n) is 6.92. The van der Waals surface area contributed by atoms with Crippen molar-refractivity contribution in [2.75, 3.05) is 39.3 Å². The number of carboxylic acids is 1. The van der Waals surface area contributed by atoms with Gasteiger partial charge in [-0.05, 0) is 38.1 Å². The van der Waals surface area contributed by atoms with Gasteiger partial charge in [0.15, 0.2) is 0 Å². The Morgan fingerprint density at radius 3 is 2.07 bits per heavy atom. The van der Waals surface area contributed by atoms with E-state index < -0.39 is 17.5 Å². The molecule has 2 fully saturated rings. The molecule has 2 aliphatic rings. The maximum atomic E-state index is 12.4. The number of nitrogens with one attached hydrogen (secondary N) is 1.